The maximum absolute atomic E-state index is 11.9. The van der Waals surface area contributed by atoms with E-state index in [4.69, 9.17) is 10.5 Å². The number of nitrogens with zero attached hydrogens (tertiary/aromatic N) is 2. The Morgan fingerprint density at radius 2 is 2.13 bits per heavy atom. The Hall–Kier alpha value is -0.210. The van der Waals surface area contributed by atoms with E-state index in [-0.39, 0.29) is 12.1 Å². The van der Waals surface area contributed by atoms with Gasteiger partial charge in [0.15, 0.2) is 0 Å². The highest BCUT2D eigenvalue weighted by molar-refractivity contribution is 7.86. The van der Waals surface area contributed by atoms with Gasteiger partial charge in [0, 0.05) is 33.2 Å². The Morgan fingerprint density at radius 3 is 2.60 bits per heavy atom. The highest BCUT2D eigenvalue weighted by atomic mass is 32.2. The van der Waals surface area contributed by atoms with Gasteiger partial charge in [0.25, 0.3) is 10.2 Å². The quantitative estimate of drug-likeness (QED) is 0.672. The molecule has 0 aliphatic carbocycles. The van der Waals surface area contributed by atoms with E-state index in [0.29, 0.717) is 19.7 Å². The van der Waals surface area contributed by atoms with E-state index in [1.165, 1.54) is 22.7 Å². The van der Waals surface area contributed by atoms with E-state index < -0.39 is 10.2 Å². The van der Waals surface area contributed by atoms with Gasteiger partial charge in [0.05, 0.1) is 12.7 Å². The SMILES string of the molecule is CC1COC(CN)CN1S(=O)(=O)N(C)C. The molecule has 0 bridgehead atoms. The van der Waals surface area contributed by atoms with Gasteiger partial charge in [-0.1, -0.05) is 0 Å². The summed E-state index contributed by atoms with van der Waals surface area (Å²) in [7, 11) is -0.315. The number of morpholine rings is 1. The summed E-state index contributed by atoms with van der Waals surface area (Å²) in [6, 6.07) is -0.139. The Labute approximate surface area is 91.2 Å². The van der Waals surface area contributed by atoms with Crippen LogP contribution in [0.15, 0.2) is 0 Å². The molecule has 0 radical (unpaired) electrons. The molecule has 0 aromatic carbocycles. The van der Waals surface area contributed by atoms with Crippen LogP contribution in [0.2, 0.25) is 0 Å². The second-order valence-corrected chi connectivity index (χ2v) is 5.99. The van der Waals surface area contributed by atoms with Crippen LogP contribution in [-0.4, -0.2) is 63.0 Å². The molecule has 1 heterocycles. The second kappa shape index (κ2) is 4.75. The average molecular weight is 237 g/mol. The molecule has 0 aromatic heterocycles. The van der Waals surface area contributed by atoms with Gasteiger partial charge in [0.2, 0.25) is 0 Å². The van der Waals surface area contributed by atoms with Gasteiger partial charge in [0.1, 0.15) is 0 Å². The van der Waals surface area contributed by atoms with E-state index in [2.05, 4.69) is 0 Å². The van der Waals surface area contributed by atoms with Crippen LogP contribution in [0.4, 0.5) is 0 Å². The molecule has 0 spiro atoms. The Bertz CT molecular complexity index is 304. The van der Waals surface area contributed by atoms with Crippen LogP contribution in [0.5, 0.6) is 0 Å². The third kappa shape index (κ3) is 2.67. The Morgan fingerprint density at radius 1 is 1.53 bits per heavy atom. The van der Waals surface area contributed by atoms with Gasteiger partial charge < -0.3 is 10.5 Å². The van der Waals surface area contributed by atoms with Crippen LogP contribution in [-0.2, 0) is 14.9 Å². The van der Waals surface area contributed by atoms with E-state index >= 15 is 0 Å². The summed E-state index contributed by atoms with van der Waals surface area (Å²) in [6.07, 6.45) is -0.198. The highest BCUT2D eigenvalue weighted by Gasteiger charge is 2.35. The minimum atomic E-state index is -3.36. The number of hydrogen-bond donors (Lipinski definition) is 1. The van der Waals surface area contributed by atoms with Crippen LogP contribution >= 0.6 is 0 Å². The first-order valence-corrected chi connectivity index (χ1v) is 6.30. The van der Waals surface area contributed by atoms with Crippen molar-refractivity contribution in [2.24, 2.45) is 5.73 Å². The van der Waals surface area contributed by atoms with Gasteiger partial charge in [-0.15, -0.1) is 0 Å². The molecule has 15 heavy (non-hydrogen) atoms. The van der Waals surface area contributed by atoms with Crippen molar-refractivity contribution in [1.82, 2.24) is 8.61 Å². The van der Waals surface area contributed by atoms with Crippen LogP contribution in [0.3, 0.4) is 0 Å². The molecule has 2 atom stereocenters. The lowest BCUT2D eigenvalue weighted by atomic mass is 10.2. The van der Waals surface area contributed by atoms with Gasteiger partial charge in [-0.25, -0.2) is 0 Å². The van der Waals surface area contributed by atoms with E-state index in [1.807, 2.05) is 6.92 Å². The third-order valence-corrected chi connectivity index (χ3v) is 4.49. The largest absolute Gasteiger partial charge is 0.374 e. The van der Waals surface area contributed by atoms with Crippen molar-refractivity contribution in [3.63, 3.8) is 0 Å². The normalized spacial score (nSPS) is 29.7. The number of hydrogen-bond acceptors (Lipinski definition) is 4. The summed E-state index contributed by atoms with van der Waals surface area (Å²) in [5.41, 5.74) is 5.47. The molecule has 1 rings (SSSR count). The predicted octanol–water partition coefficient (Wildman–Crippen LogP) is -1.16. The van der Waals surface area contributed by atoms with Gasteiger partial charge in [-0.05, 0) is 6.92 Å². The van der Waals surface area contributed by atoms with Crippen molar-refractivity contribution >= 4 is 10.2 Å². The zero-order chi connectivity index (χ0) is 11.6. The smallest absolute Gasteiger partial charge is 0.281 e. The lowest BCUT2D eigenvalue weighted by Gasteiger charge is -2.37. The first-order chi connectivity index (χ1) is 6.89. The minimum Gasteiger partial charge on any atom is -0.374 e. The van der Waals surface area contributed by atoms with Gasteiger partial charge in [-0.3, -0.25) is 0 Å². The number of ether oxygens (including phenoxy) is 1. The fraction of sp³-hybridized carbons (Fsp3) is 1.00. The van der Waals surface area contributed by atoms with E-state index in [0.717, 1.165) is 0 Å². The molecule has 1 saturated heterocycles. The Balaban J connectivity index is 2.83. The summed E-state index contributed by atoms with van der Waals surface area (Å²) in [5, 5.41) is 0. The monoisotopic (exact) mass is 237 g/mol. The first-order valence-electron chi connectivity index (χ1n) is 4.90. The summed E-state index contributed by atoms with van der Waals surface area (Å²) in [6.45, 7) is 2.90. The van der Waals surface area contributed by atoms with Gasteiger partial charge in [-0.2, -0.15) is 17.0 Å². The minimum absolute atomic E-state index is 0.139. The topological polar surface area (TPSA) is 75.9 Å². The second-order valence-electron chi connectivity index (χ2n) is 3.90. The molecule has 2 N–H and O–H groups in total. The molecule has 0 aromatic rings. The fourth-order valence-corrected chi connectivity index (χ4v) is 2.76. The maximum Gasteiger partial charge on any atom is 0.281 e. The average Bonchev–Trinajstić information content (AvgIpc) is 2.18. The van der Waals surface area contributed by atoms with Crippen molar-refractivity contribution in [2.45, 2.75) is 19.1 Å². The highest BCUT2D eigenvalue weighted by Crippen LogP contribution is 2.16. The summed E-state index contributed by atoms with van der Waals surface area (Å²) in [4.78, 5) is 0. The first kappa shape index (κ1) is 12.9. The zero-order valence-electron chi connectivity index (χ0n) is 9.38. The standard InChI is InChI=1S/C8H19N3O3S/c1-7-6-14-8(4-9)5-11(7)15(12,13)10(2)3/h7-8H,4-6,9H2,1-3H3. The fourth-order valence-electron chi connectivity index (χ4n) is 1.47. The van der Waals surface area contributed by atoms with Crippen LogP contribution < -0.4 is 5.73 Å². The molecule has 1 fully saturated rings. The molecule has 2 unspecified atom stereocenters. The number of rotatable bonds is 3. The lowest BCUT2D eigenvalue weighted by Crippen LogP contribution is -2.55. The summed E-state index contributed by atoms with van der Waals surface area (Å²) >= 11 is 0. The van der Waals surface area contributed by atoms with E-state index in [9.17, 15) is 8.42 Å². The zero-order valence-corrected chi connectivity index (χ0v) is 10.2. The molecule has 0 amide bonds. The molecule has 90 valence electrons. The molecular weight excluding hydrogens is 218 g/mol. The van der Waals surface area contributed by atoms with Crippen molar-refractivity contribution in [3.8, 4) is 0 Å². The molecule has 7 heteroatoms. The lowest BCUT2D eigenvalue weighted by molar-refractivity contribution is -0.0234. The van der Waals surface area contributed by atoms with E-state index in [1.54, 1.807) is 0 Å². The van der Waals surface area contributed by atoms with Gasteiger partial charge >= 0.3 is 0 Å². The number of nitrogens with two attached hydrogens (primary N) is 1. The molecular formula is C8H19N3O3S. The predicted molar refractivity (Wildman–Crippen MR) is 57.6 cm³/mol. The molecule has 1 aliphatic rings. The van der Waals surface area contributed by atoms with Crippen molar-refractivity contribution < 1.29 is 13.2 Å². The molecule has 1 aliphatic heterocycles. The third-order valence-electron chi connectivity index (χ3n) is 2.47. The van der Waals surface area contributed by atoms with Crippen molar-refractivity contribution in [3.05, 3.63) is 0 Å². The maximum atomic E-state index is 11.9. The Kier molecular flexibility index (Phi) is 4.07. The van der Waals surface area contributed by atoms with Crippen LogP contribution in [0.1, 0.15) is 6.92 Å². The van der Waals surface area contributed by atoms with Crippen LogP contribution in [0.25, 0.3) is 0 Å². The summed E-state index contributed by atoms with van der Waals surface area (Å²) < 4.78 is 31.9. The van der Waals surface area contributed by atoms with Crippen molar-refractivity contribution in [1.29, 1.82) is 0 Å². The van der Waals surface area contributed by atoms with Crippen molar-refractivity contribution in [2.75, 3.05) is 33.8 Å². The summed E-state index contributed by atoms with van der Waals surface area (Å²) in [5.74, 6) is 0. The molecule has 6 nitrogen and oxygen atoms in total. The molecule has 0 saturated carbocycles. The van der Waals surface area contributed by atoms with Crippen LogP contribution in [0, 0.1) is 0 Å².